The van der Waals surface area contributed by atoms with Gasteiger partial charge >= 0.3 is 0 Å². The highest BCUT2D eigenvalue weighted by Crippen LogP contribution is 2.30. The molecule has 4 aromatic rings. The van der Waals surface area contributed by atoms with E-state index in [-0.39, 0.29) is 17.9 Å². The zero-order valence-electron chi connectivity index (χ0n) is 16.5. The Morgan fingerprint density at radius 2 is 1.79 bits per heavy atom. The van der Waals surface area contributed by atoms with Crippen LogP contribution in [0.5, 0.6) is 0 Å². The molecule has 0 N–H and O–H groups in total. The summed E-state index contributed by atoms with van der Waals surface area (Å²) >= 11 is 1.45. The van der Waals surface area contributed by atoms with Gasteiger partial charge in [0, 0.05) is 16.5 Å². The summed E-state index contributed by atoms with van der Waals surface area (Å²) in [5, 5.41) is 2.54. The first-order chi connectivity index (χ1) is 14.1. The molecule has 5 heteroatoms. The third kappa shape index (κ3) is 3.91. The van der Waals surface area contributed by atoms with E-state index in [0.29, 0.717) is 15.8 Å². The minimum atomic E-state index is -0.178. The molecule has 29 heavy (non-hydrogen) atoms. The number of nitrogens with zero attached hydrogens (tertiary/aromatic N) is 2. The monoisotopic (exact) mass is 402 g/mol. The third-order valence-electron chi connectivity index (χ3n) is 5.05. The van der Waals surface area contributed by atoms with E-state index in [2.05, 4.69) is 11.9 Å². The molecule has 0 saturated carbocycles. The van der Waals surface area contributed by atoms with Crippen molar-refractivity contribution in [3.63, 3.8) is 0 Å². The molecule has 0 saturated heterocycles. The van der Waals surface area contributed by atoms with Crippen molar-refractivity contribution in [2.75, 3.05) is 0 Å². The Morgan fingerprint density at radius 1 is 1.07 bits per heavy atom. The maximum atomic E-state index is 13.1. The lowest BCUT2D eigenvalue weighted by atomic mass is 10.0. The van der Waals surface area contributed by atoms with Gasteiger partial charge in [0.25, 0.3) is 5.56 Å². The van der Waals surface area contributed by atoms with E-state index in [9.17, 15) is 9.59 Å². The number of rotatable bonds is 6. The number of aryl methyl sites for hydroxylation is 2. The molecular weight excluding hydrogens is 380 g/mol. The van der Waals surface area contributed by atoms with Crippen molar-refractivity contribution in [1.82, 2.24) is 9.55 Å². The summed E-state index contributed by atoms with van der Waals surface area (Å²) in [6.07, 6.45) is 3.54. The molecule has 146 valence electrons. The molecule has 0 atom stereocenters. The van der Waals surface area contributed by atoms with Crippen LogP contribution in [-0.2, 0) is 13.0 Å². The molecule has 2 heterocycles. The van der Waals surface area contributed by atoms with Crippen LogP contribution in [-0.4, -0.2) is 15.3 Å². The highest BCUT2D eigenvalue weighted by molar-refractivity contribution is 7.17. The topological polar surface area (TPSA) is 52.0 Å². The molecule has 0 unspecified atom stereocenters. The van der Waals surface area contributed by atoms with E-state index in [4.69, 9.17) is 0 Å². The van der Waals surface area contributed by atoms with Crippen LogP contribution in [0.3, 0.4) is 0 Å². The summed E-state index contributed by atoms with van der Waals surface area (Å²) in [4.78, 5) is 31.0. The van der Waals surface area contributed by atoms with E-state index in [1.807, 2.05) is 60.8 Å². The molecule has 0 aliphatic rings. The van der Waals surface area contributed by atoms with Gasteiger partial charge in [0.1, 0.15) is 4.83 Å². The molecule has 0 aliphatic carbocycles. The number of carbonyl (C=O) groups excluding carboxylic acids is 1. The number of ketones is 1. The van der Waals surface area contributed by atoms with Gasteiger partial charge in [0.15, 0.2) is 5.78 Å². The number of hydrogen-bond acceptors (Lipinski definition) is 4. The quantitative estimate of drug-likeness (QED) is 0.413. The van der Waals surface area contributed by atoms with E-state index in [1.165, 1.54) is 33.4 Å². The molecule has 0 bridgehead atoms. The highest BCUT2D eigenvalue weighted by Gasteiger charge is 2.15. The van der Waals surface area contributed by atoms with Gasteiger partial charge in [0.2, 0.25) is 0 Å². The van der Waals surface area contributed by atoms with Crippen LogP contribution in [0.1, 0.15) is 34.8 Å². The second-order valence-electron chi connectivity index (χ2n) is 7.24. The van der Waals surface area contributed by atoms with Crippen LogP contribution in [0.25, 0.3) is 21.3 Å². The normalized spacial score (nSPS) is 11.1. The molecular formula is C24H22N2O2S. The van der Waals surface area contributed by atoms with Gasteiger partial charge in [0.05, 0.1) is 18.3 Å². The van der Waals surface area contributed by atoms with Crippen LogP contribution in [0.2, 0.25) is 0 Å². The summed E-state index contributed by atoms with van der Waals surface area (Å²) in [7, 11) is 0. The smallest absolute Gasteiger partial charge is 0.263 e. The molecule has 4 rings (SSSR count). The first-order valence-electron chi connectivity index (χ1n) is 9.72. The molecule has 0 aliphatic heterocycles. The average molecular weight is 403 g/mol. The van der Waals surface area contributed by atoms with Gasteiger partial charge in [-0.3, -0.25) is 14.2 Å². The minimum absolute atomic E-state index is 0.0158. The largest absolute Gasteiger partial charge is 0.292 e. The van der Waals surface area contributed by atoms with Crippen molar-refractivity contribution in [2.45, 2.75) is 33.2 Å². The Bertz CT molecular complexity index is 1220. The Kier molecular flexibility index (Phi) is 5.41. The van der Waals surface area contributed by atoms with E-state index in [0.717, 1.165) is 24.0 Å². The summed E-state index contributed by atoms with van der Waals surface area (Å²) in [5.74, 6) is -0.0941. The minimum Gasteiger partial charge on any atom is -0.292 e. The maximum Gasteiger partial charge on any atom is 0.263 e. The lowest BCUT2D eigenvalue weighted by Crippen LogP contribution is -2.24. The summed E-state index contributed by atoms with van der Waals surface area (Å²) in [6.45, 7) is 4.15. The predicted molar refractivity (Wildman–Crippen MR) is 119 cm³/mol. The van der Waals surface area contributed by atoms with Gasteiger partial charge in [-0.25, -0.2) is 4.98 Å². The number of Topliss-reactive ketones (excluding diaryl/α,β-unsaturated/α-hetero) is 1. The van der Waals surface area contributed by atoms with Gasteiger partial charge in [-0.2, -0.15) is 0 Å². The van der Waals surface area contributed by atoms with Gasteiger partial charge in [-0.15, -0.1) is 11.3 Å². The number of thiophene rings is 1. The van der Waals surface area contributed by atoms with Gasteiger partial charge in [-0.05, 0) is 24.5 Å². The van der Waals surface area contributed by atoms with Crippen molar-refractivity contribution < 1.29 is 4.79 Å². The van der Waals surface area contributed by atoms with E-state index >= 15 is 0 Å². The fourth-order valence-corrected chi connectivity index (χ4v) is 4.32. The standard InChI is InChI=1S/C24H22N2O2S/c1-3-4-17-7-11-19(12-8-17)21(27)13-26-15-25-23-22(24(26)28)20(14-29-23)18-9-5-16(2)6-10-18/h5-12,14-15H,3-4,13H2,1-2H3. The second kappa shape index (κ2) is 8.13. The predicted octanol–water partition coefficient (Wildman–Crippen LogP) is 5.27. The molecule has 2 aromatic heterocycles. The molecule has 4 nitrogen and oxygen atoms in total. The maximum absolute atomic E-state index is 13.1. The number of carbonyl (C=O) groups is 1. The number of aromatic nitrogens is 2. The van der Waals surface area contributed by atoms with E-state index in [1.54, 1.807) is 0 Å². The Labute approximate surface area is 173 Å². The molecule has 2 aromatic carbocycles. The molecule has 0 fully saturated rings. The van der Waals surface area contributed by atoms with Crippen LogP contribution in [0, 0.1) is 6.92 Å². The Balaban J connectivity index is 1.67. The summed E-state index contributed by atoms with van der Waals surface area (Å²) in [5.41, 5.74) is 4.66. The van der Waals surface area contributed by atoms with Crippen LogP contribution in [0.15, 0.2) is 65.0 Å². The van der Waals surface area contributed by atoms with Crippen molar-refractivity contribution in [1.29, 1.82) is 0 Å². The highest BCUT2D eigenvalue weighted by atomic mass is 32.1. The van der Waals surface area contributed by atoms with Gasteiger partial charge in [-0.1, -0.05) is 67.4 Å². The van der Waals surface area contributed by atoms with Crippen LogP contribution in [0.4, 0.5) is 0 Å². The van der Waals surface area contributed by atoms with Crippen molar-refractivity contribution in [2.24, 2.45) is 0 Å². The zero-order valence-corrected chi connectivity index (χ0v) is 17.3. The zero-order chi connectivity index (χ0) is 20.4. The lowest BCUT2D eigenvalue weighted by molar-refractivity contribution is 0.0970. The Hall–Kier alpha value is -3.05. The first-order valence-corrected chi connectivity index (χ1v) is 10.6. The SMILES string of the molecule is CCCc1ccc(C(=O)Cn2cnc3scc(-c4ccc(C)cc4)c3c2=O)cc1. The van der Waals surface area contributed by atoms with E-state index < -0.39 is 0 Å². The first kappa shape index (κ1) is 19.3. The van der Waals surface area contributed by atoms with Crippen molar-refractivity contribution in [3.05, 3.63) is 87.3 Å². The molecule has 0 radical (unpaired) electrons. The van der Waals surface area contributed by atoms with Crippen LogP contribution >= 0.6 is 11.3 Å². The summed E-state index contributed by atoms with van der Waals surface area (Å²) < 4.78 is 1.41. The lowest BCUT2D eigenvalue weighted by Gasteiger charge is -2.07. The van der Waals surface area contributed by atoms with Crippen molar-refractivity contribution in [3.8, 4) is 11.1 Å². The number of benzene rings is 2. The van der Waals surface area contributed by atoms with Crippen molar-refractivity contribution >= 4 is 27.3 Å². The third-order valence-corrected chi connectivity index (χ3v) is 5.94. The molecule has 0 amide bonds. The number of fused-ring (bicyclic) bond motifs is 1. The Morgan fingerprint density at radius 3 is 2.48 bits per heavy atom. The number of hydrogen-bond donors (Lipinski definition) is 0. The average Bonchev–Trinajstić information content (AvgIpc) is 3.16. The summed E-state index contributed by atoms with van der Waals surface area (Å²) in [6, 6.07) is 15.7. The molecule has 0 spiro atoms. The fraction of sp³-hybridized carbons (Fsp3) is 0.208. The van der Waals surface area contributed by atoms with Gasteiger partial charge < -0.3 is 0 Å². The second-order valence-corrected chi connectivity index (χ2v) is 8.10. The fourth-order valence-electron chi connectivity index (χ4n) is 3.42. The van der Waals surface area contributed by atoms with Crippen LogP contribution < -0.4 is 5.56 Å².